The number of rotatable bonds is 7. The van der Waals surface area contributed by atoms with Gasteiger partial charge in [0.15, 0.2) is 0 Å². The Hall–Kier alpha value is -2.12. The van der Waals surface area contributed by atoms with Gasteiger partial charge in [-0.25, -0.2) is 4.98 Å². The Morgan fingerprint density at radius 2 is 2.11 bits per heavy atom. The van der Waals surface area contributed by atoms with E-state index in [1.54, 1.807) is 36.1 Å². The largest absolute Gasteiger partial charge is 0.486 e. The Morgan fingerprint density at radius 1 is 1.32 bits per heavy atom. The van der Waals surface area contributed by atoms with Gasteiger partial charge in [0.05, 0.1) is 24.6 Å². The van der Waals surface area contributed by atoms with Crippen LogP contribution in [0.4, 0.5) is 0 Å². The van der Waals surface area contributed by atoms with Gasteiger partial charge in [-0.2, -0.15) is 0 Å². The Labute approximate surface area is 173 Å². The molecule has 1 atom stereocenters. The summed E-state index contributed by atoms with van der Waals surface area (Å²) in [5, 5.41) is 3.34. The number of aromatic nitrogens is 1. The van der Waals surface area contributed by atoms with Crippen LogP contribution in [0.15, 0.2) is 29.6 Å². The maximum atomic E-state index is 12.6. The number of likely N-dealkylation sites (tertiary alicyclic amines) is 1. The number of esters is 1. The highest BCUT2D eigenvalue weighted by Gasteiger charge is 2.29. The van der Waals surface area contributed by atoms with Crippen LogP contribution in [0, 0.1) is 5.92 Å². The lowest BCUT2D eigenvalue weighted by molar-refractivity contribution is -0.151. The Morgan fingerprint density at radius 3 is 2.86 bits per heavy atom. The molecule has 2 heterocycles. The Bertz CT molecular complexity index is 809. The quantitative estimate of drug-likeness (QED) is 0.636. The Balaban J connectivity index is 1.50. The molecule has 3 rings (SSSR count). The lowest BCUT2D eigenvalue weighted by Gasteiger charge is -2.31. The van der Waals surface area contributed by atoms with Gasteiger partial charge < -0.3 is 14.4 Å². The molecule has 0 aliphatic carbocycles. The van der Waals surface area contributed by atoms with Crippen molar-refractivity contribution in [3.63, 3.8) is 0 Å². The van der Waals surface area contributed by atoms with Gasteiger partial charge in [-0.1, -0.05) is 11.6 Å². The standard InChI is InChI=1S/C20H23ClN2O4S/c1-2-26-20(25)14-4-3-9-23(11-14)19(24)10-16-13-28-18(22-16)12-27-17-7-5-15(21)6-8-17/h5-8,13-14H,2-4,9-12H2,1H3/t14-/m0/s1. The first-order valence-corrected chi connectivity index (χ1v) is 10.6. The average Bonchev–Trinajstić information content (AvgIpc) is 3.15. The van der Waals surface area contributed by atoms with Gasteiger partial charge in [-0.3, -0.25) is 9.59 Å². The molecule has 1 aliphatic heterocycles. The molecule has 1 fully saturated rings. The summed E-state index contributed by atoms with van der Waals surface area (Å²) < 4.78 is 10.8. The van der Waals surface area contributed by atoms with E-state index in [9.17, 15) is 9.59 Å². The van der Waals surface area contributed by atoms with Crippen molar-refractivity contribution >= 4 is 34.8 Å². The molecule has 0 saturated carbocycles. The maximum absolute atomic E-state index is 12.6. The van der Waals surface area contributed by atoms with Crippen LogP contribution in [0.5, 0.6) is 5.75 Å². The van der Waals surface area contributed by atoms with Crippen molar-refractivity contribution in [2.45, 2.75) is 32.8 Å². The molecule has 1 amide bonds. The minimum absolute atomic E-state index is 0.00975. The monoisotopic (exact) mass is 422 g/mol. The second-order valence-electron chi connectivity index (χ2n) is 6.58. The molecule has 0 N–H and O–H groups in total. The van der Waals surface area contributed by atoms with Crippen molar-refractivity contribution in [3.8, 4) is 5.75 Å². The second-order valence-corrected chi connectivity index (χ2v) is 7.96. The summed E-state index contributed by atoms with van der Waals surface area (Å²) in [5.74, 6) is 0.270. The summed E-state index contributed by atoms with van der Waals surface area (Å²) in [6, 6.07) is 7.14. The zero-order valence-corrected chi connectivity index (χ0v) is 17.3. The summed E-state index contributed by atoms with van der Waals surface area (Å²) in [7, 11) is 0. The van der Waals surface area contributed by atoms with Crippen molar-refractivity contribution in [1.29, 1.82) is 0 Å². The van der Waals surface area contributed by atoms with Gasteiger partial charge >= 0.3 is 5.97 Å². The predicted octanol–water partition coefficient (Wildman–Crippen LogP) is 3.72. The smallest absolute Gasteiger partial charge is 0.310 e. The third-order valence-electron chi connectivity index (χ3n) is 4.50. The lowest BCUT2D eigenvalue weighted by Crippen LogP contribution is -2.43. The SMILES string of the molecule is CCOC(=O)[C@H]1CCCN(C(=O)Cc2csc(COc3ccc(Cl)cc3)n2)C1. The fourth-order valence-corrected chi connectivity index (χ4v) is 3.93. The van der Waals surface area contributed by atoms with Crippen molar-refractivity contribution in [2.24, 2.45) is 5.92 Å². The zero-order chi connectivity index (χ0) is 19.9. The summed E-state index contributed by atoms with van der Waals surface area (Å²) >= 11 is 7.32. The van der Waals surface area contributed by atoms with E-state index < -0.39 is 0 Å². The van der Waals surface area contributed by atoms with E-state index in [0.717, 1.165) is 29.3 Å². The summed E-state index contributed by atoms with van der Waals surface area (Å²) in [6.07, 6.45) is 1.81. The van der Waals surface area contributed by atoms with Crippen LogP contribution in [0.3, 0.4) is 0 Å². The molecule has 28 heavy (non-hydrogen) atoms. The molecular weight excluding hydrogens is 400 g/mol. The molecule has 1 aromatic heterocycles. The first kappa shape index (κ1) is 20.6. The second kappa shape index (κ2) is 9.89. The van der Waals surface area contributed by atoms with Crippen LogP contribution >= 0.6 is 22.9 Å². The van der Waals surface area contributed by atoms with Crippen LogP contribution in [0.25, 0.3) is 0 Å². The molecule has 1 aliphatic rings. The van der Waals surface area contributed by atoms with E-state index in [0.29, 0.717) is 31.3 Å². The zero-order valence-electron chi connectivity index (χ0n) is 15.7. The third-order valence-corrected chi connectivity index (χ3v) is 5.62. The lowest BCUT2D eigenvalue weighted by atomic mass is 9.98. The number of ether oxygens (including phenoxy) is 2. The molecule has 0 unspecified atom stereocenters. The fourth-order valence-electron chi connectivity index (χ4n) is 3.10. The summed E-state index contributed by atoms with van der Waals surface area (Å²) in [4.78, 5) is 30.8. The van der Waals surface area contributed by atoms with Gasteiger partial charge in [0, 0.05) is 23.5 Å². The number of amides is 1. The Kier molecular flexibility index (Phi) is 7.28. The van der Waals surface area contributed by atoms with Crippen LogP contribution in [0.1, 0.15) is 30.5 Å². The number of thiazole rings is 1. The minimum Gasteiger partial charge on any atom is -0.486 e. The number of halogens is 1. The number of benzene rings is 1. The van der Waals surface area contributed by atoms with Crippen molar-refractivity contribution in [3.05, 3.63) is 45.4 Å². The number of carbonyl (C=O) groups excluding carboxylic acids is 2. The van der Waals surface area contributed by atoms with Crippen molar-refractivity contribution < 1.29 is 19.1 Å². The molecule has 8 heteroatoms. The fraction of sp³-hybridized carbons (Fsp3) is 0.450. The summed E-state index contributed by atoms with van der Waals surface area (Å²) in [5.41, 5.74) is 0.725. The van der Waals surface area contributed by atoms with Gasteiger partial charge in [-0.15, -0.1) is 11.3 Å². The number of hydrogen-bond donors (Lipinski definition) is 0. The number of hydrogen-bond acceptors (Lipinski definition) is 6. The molecule has 0 spiro atoms. The number of carbonyl (C=O) groups is 2. The molecule has 2 aromatic rings. The van der Waals surface area contributed by atoms with E-state index in [1.165, 1.54) is 11.3 Å². The van der Waals surface area contributed by atoms with Gasteiger partial charge in [0.25, 0.3) is 0 Å². The van der Waals surface area contributed by atoms with Gasteiger partial charge in [-0.05, 0) is 44.0 Å². The highest BCUT2D eigenvalue weighted by atomic mass is 35.5. The van der Waals surface area contributed by atoms with E-state index in [1.807, 2.05) is 5.38 Å². The van der Waals surface area contributed by atoms with Crippen LogP contribution < -0.4 is 4.74 Å². The number of piperidine rings is 1. The molecule has 150 valence electrons. The molecular formula is C20H23ClN2O4S. The van der Waals surface area contributed by atoms with Crippen LogP contribution in [-0.4, -0.2) is 41.5 Å². The van der Waals surface area contributed by atoms with E-state index in [4.69, 9.17) is 21.1 Å². The third kappa shape index (κ3) is 5.69. The minimum atomic E-state index is -0.226. The molecule has 0 radical (unpaired) electrons. The van der Waals surface area contributed by atoms with E-state index in [2.05, 4.69) is 4.98 Å². The van der Waals surface area contributed by atoms with Crippen LogP contribution in [0.2, 0.25) is 5.02 Å². The van der Waals surface area contributed by atoms with Gasteiger partial charge in [0.1, 0.15) is 17.4 Å². The first-order chi connectivity index (χ1) is 13.5. The summed E-state index contributed by atoms with van der Waals surface area (Å²) in [6.45, 7) is 3.60. The topological polar surface area (TPSA) is 68.7 Å². The van der Waals surface area contributed by atoms with Crippen molar-refractivity contribution in [2.75, 3.05) is 19.7 Å². The highest BCUT2D eigenvalue weighted by Crippen LogP contribution is 2.21. The molecule has 1 saturated heterocycles. The molecule has 6 nitrogen and oxygen atoms in total. The van der Waals surface area contributed by atoms with E-state index in [-0.39, 0.29) is 24.2 Å². The van der Waals surface area contributed by atoms with Gasteiger partial charge in [0.2, 0.25) is 5.91 Å². The average molecular weight is 423 g/mol. The maximum Gasteiger partial charge on any atom is 0.310 e. The number of nitrogens with zero attached hydrogens (tertiary/aromatic N) is 2. The van der Waals surface area contributed by atoms with Crippen molar-refractivity contribution in [1.82, 2.24) is 9.88 Å². The van der Waals surface area contributed by atoms with Crippen LogP contribution in [-0.2, 0) is 27.4 Å². The normalized spacial score (nSPS) is 16.6. The highest BCUT2D eigenvalue weighted by molar-refractivity contribution is 7.09. The van der Waals surface area contributed by atoms with E-state index >= 15 is 0 Å². The predicted molar refractivity (Wildman–Crippen MR) is 108 cm³/mol. The molecule has 0 bridgehead atoms. The first-order valence-electron chi connectivity index (χ1n) is 9.31. The molecule has 1 aromatic carbocycles.